The quantitative estimate of drug-likeness (QED) is 0.745. The molecule has 1 aliphatic heterocycles. The lowest BCUT2D eigenvalue weighted by molar-refractivity contribution is 0.120. The second-order valence-corrected chi connectivity index (χ2v) is 5.67. The van der Waals surface area contributed by atoms with Gasteiger partial charge in [0.1, 0.15) is 0 Å². The maximum Gasteiger partial charge on any atom is 0.407 e. The molecule has 6 nitrogen and oxygen atoms in total. The molecule has 1 saturated heterocycles. The summed E-state index contributed by atoms with van der Waals surface area (Å²) in [4.78, 5) is 12.0. The van der Waals surface area contributed by atoms with Crippen molar-refractivity contribution >= 4 is 16.2 Å². The van der Waals surface area contributed by atoms with Crippen LogP contribution in [0.1, 0.15) is 19.3 Å². The first-order valence-corrected chi connectivity index (χ1v) is 7.02. The maximum absolute atomic E-state index is 10.7. The molecule has 1 aliphatic rings. The second-order valence-electron chi connectivity index (χ2n) is 4.03. The van der Waals surface area contributed by atoms with Gasteiger partial charge in [-0.2, -0.15) is 8.42 Å². The van der Waals surface area contributed by atoms with E-state index in [0.717, 1.165) is 19.1 Å². The van der Waals surface area contributed by atoms with E-state index in [2.05, 4.69) is 4.18 Å². The van der Waals surface area contributed by atoms with E-state index in [9.17, 15) is 13.2 Å². The summed E-state index contributed by atoms with van der Waals surface area (Å²) in [6.45, 7) is 1.24. The summed E-state index contributed by atoms with van der Waals surface area (Å²) in [5.41, 5.74) is 0. The minimum atomic E-state index is -3.35. The summed E-state index contributed by atoms with van der Waals surface area (Å²) in [7, 11) is -3.35. The van der Waals surface area contributed by atoms with Gasteiger partial charge in [0.05, 0.1) is 12.9 Å². The molecule has 0 radical (unpaired) electrons. The molecule has 0 aliphatic carbocycles. The molecule has 0 unspecified atom stereocenters. The molecular weight excluding hydrogens is 234 g/mol. The molecule has 1 N–H and O–H groups in total. The maximum atomic E-state index is 10.7. The van der Waals surface area contributed by atoms with Gasteiger partial charge in [-0.15, -0.1) is 0 Å². The highest BCUT2D eigenvalue weighted by atomic mass is 32.2. The Bertz CT molecular complexity index is 332. The fraction of sp³-hybridized carbons (Fsp3) is 0.889. The molecule has 1 amide bonds. The summed E-state index contributed by atoms with van der Waals surface area (Å²) in [5.74, 6) is 0.359. The third-order valence-electron chi connectivity index (χ3n) is 2.71. The van der Waals surface area contributed by atoms with Crippen LogP contribution in [0.15, 0.2) is 0 Å². The number of hydrogen-bond acceptors (Lipinski definition) is 4. The lowest BCUT2D eigenvalue weighted by atomic mass is 9.94. The van der Waals surface area contributed by atoms with E-state index in [0.29, 0.717) is 25.4 Å². The number of carboxylic acid groups (broad SMARTS) is 1. The lowest BCUT2D eigenvalue weighted by Crippen LogP contribution is -2.37. The van der Waals surface area contributed by atoms with E-state index in [4.69, 9.17) is 5.11 Å². The number of carbonyl (C=O) groups is 1. The standard InChI is InChI=1S/C9H17NO5S/c1-16(13,14)15-7-4-8-2-5-10(6-3-8)9(11)12/h8H,2-7H2,1H3,(H,11,12). The first kappa shape index (κ1) is 13.2. The molecule has 0 spiro atoms. The smallest absolute Gasteiger partial charge is 0.407 e. The molecule has 7 heteroatoms. The number of hydrogen-bond donors (Lipinski definition) is 1. The third kappa shape index (κ3) is 4.80. The number of nitrogens with zero attached hydrogens (tertiary/aromatic N) is 1. The van der Waals surface area contributed by atoms with Gasteiger partial charge in [0.2, 0.25) is 0 Å². The average Bonchev–Trinajstić information content (AvgIpc) is 2.16. The SMILES string of the molecule is CS(=O)(=O)OCCC1CCN(C(=O)O)CC1. The van der Waals surface area contributed by atoms with Crippen LogP contribution >= 0.6 is 0 Å². The van der Waals surface area contributed by atoms with E-state index >= 15 is 0 Å². The normalized spacial score (nSPS) is 18.7. The predicted molar refractivity (Wildman–Crippen MR) is 57.7 cm³/mol. The second kappa shape index (κ2) is 5.49. The topological polar surface area (TPSA) is 83.9 Å². The fourth-order valence-corrected chi connectivity index (χ4v) is 2.18. The van der Waals surface area contributed by atoms with Crippen molar-refractivity contribution < 1.29 is 22.5 Å². The van der Waals surface area contributed by atoms with E-state index in [1.807, 2.05) is 0 Å². The molecule has 0 aromatic carbocycles. The van der Waals surface area contributed by atoms with E-state index < -0.39 is 16.2 Å². The predicted octanol–water partition coefficient (Wildman–Crippen LogP) is 0.743. The molecule has 0 aromatic rings. The van der Waals surface area contributed by atoms with Crippen molar-refractivity contribution in [2.75, 3.05) is 26.0 Å². The van der Waals surface area contributed by atoms with Crippen LogP contribution in [0.4, 0.5) is 4.79 Å². The van der Waals surface area contributed by atoms with Gasteiger partial charge in [-0.25, -0.2) is 4.79 Å². The van der Waals surface area contributed by atoms with Crippen molar-refractivity contribution in [3.8, 4) is 0 Å². The Morgan fingerprint density at radius 1 is 1.44 bits per heavy atom. The summed E-state index contributed by atoms with van der Waals surface area (Å²) in [5, 5.41) is 8.73. The Labute approximate surface area is 95.3 Å². The van der Waals surface area contributed by atoms with Crippen LogP contribution in [0.25, 0.3) is 0 Å². The van der Waals surface area contributed by atoms with E-state index in [1.54, 1.807) is 0 Å². The first-order valence-electron chi connectivity index (χ1n) is 5.21. The number of amides is 1. The zero-order chi connectivity index (χ0) is 12.2. The molecule has 1 rings (SSSR count). The van der Waals surface area contributed by atoms with Gasteiger partial charge in [0.25, 0.3) is 10.1 Å². The van der Waals surface area contributed by atoms with Crippen LogP contribution in [-0.4, -0.2) is 50.5 Å². The zero-order valence-corrected chi connectivity index (χ0v) is 10.1. The molecule has 1 fully saturated rings. The highest BCUT2D eigenvalue weighted by Gasteiger charge is 2.22. The fourth-order valence-electron chi connectivity index (χ4n) is 1.78. The lowest BCUT2D eigenvalue weighted by Gasteiger charge is -2.29. The van der Waals surface area contributed by atoms with Gasteiger partial charge in [-0.1, -0.05) is 0 Å². The van der Waals surface area contributed by atoms with Crippen LogP contribution in [-0.2, 0) is 14.3 Å². The van der Waals surface area contributed by atoms with Crippen LogP contribution < -0.4 is 0 Å². The molecule has 0 aromatic heterocycles. The summed E-state index contributed by atoms with van der Waals surface area (Å²) < 4.78 is 26.1. The first-order chi connectivity index (χ1) is 7.38. The molecule has 1 heterocycles. The zero-order valence-electron chi connectivity index (χ0n) is 9.26. The van der Waals surface area contributed by atoms with E-state index in [1.165, 1.54) is 4.90 Å². The Morgan fingerprint density at radius 2 is 2.00 bits per heavy atom. The van der Waals surface area contributed by atoms with Crippen LogP contribution in [0.2, 0.25) is 0 Å². The Balaban J connectivity index is 2.20. The van der Waals surface area contributed by atoms with E-state index in [-0.39, 0.29) is 6.61 Å². The Morgan fingerprint density at radius 3 is 2.44 bits per heavy atom. The van der Waals surface area contributed by atoms with Crippen molar-refractivity contribution in [2.45, 2.75) is 19.3 Å². The van der Waals surface area contributed by atoms with Crippen LogP contribution in [0, 0.1) is 5.92 Å². The summed E-state index contributed by atoms with van der Waals surface area (Å²) >= 11 is 0. The third-order valence-corrected chi connectivity index (χ3v) is 3.30. The van der Waals surface area contributed by atoms with Crippen molar-refractivity contribution in [3.05, 3.63) is 0 Å². The molecule has 0 saturated carbocycles. The molecule has 16 heavy (non-hydrogen) atoms. The number of rotatable bonds is 4. The van der Waals surface area contributed by atoms with Gasteiger partial charge in [-0.3, -0.25) is 4.18 Å². The largest absolute Gasteiger partial charge is 0.465 e. The Hall–Kier alpha value is -0.820. The number of likely N-dealkylation sites (tertiary alicyclic amines) is 1. The van der Waals surface area contributed by atoms with Gasteiger partial charge < -0.3 is 10.0 Å². The Kier molecular flexibility index (Phi) is 4.55. The van der Waals surface area contributed by atoms with Crippen molar-refractivity contribution in [1.29, 1.82) is 0 Å². The van der Waals surface area contributed by atoms with Gasteiger partial charge in [-0.05, 0) is 25.2 Å². The van der Waals surface area contributed by atoms with Gasteiger partial charge >= 0.3 is 6.09 Å². The molecule has 0 bridgehead atoms. The molecular formula is C9H17NO5S. The van der Waals surface area contributed by atoms with Crippen molar-refractivity contribution in [2.24, 2.45) is 5.92 Å². The van der Waals surface area contributed by atoms with Gasteiger partial charge in [0, 0.05) is 13.1 Å². The highest BCUT2D eigenvalue weighted by molar-refractivity contribution is 7.85. The average molecular weight is 251 g/mol. The number of piperidine rings is 1. The van der Waals surface area contributed by atoms with Crippen LogP contribution in [0.5, 0.6) is 0 Å². The minimum Gasteiger partial charge on any atom is -0.465 e. The van der Waals surface area contributed by atoms with Gasteiger partial charge in [0.15, 0.2) is 0 Å². The highest BCUT2D eigenvalue weighted by Crippen LogP contribution is 2.20. The monoisotopic (exact) mass is 251 g/mol. The summed E-state index contributed by atoms with van der Waals surface area (Å²) in [6, 6.07) is 0. The molecule has 94 valence electrons. The summed E-state index contributed by atoms with van der Waals surface area (Å²) in [6.07, 6.45) is 2.37. The van der Waals surface area contributed by atoms with Crippen molar-refractivity contribution in [1.82, 2.24) is 4.90 Å². The minimum absolute atomic E-state index is 0.191. The van der Waals surface area contributed by atoms with Crippen LogP contribution in [0.3, 0.4) is 0 Å². The van der Waals surface area contributed by atoms with Crippen molar-refractivity contribution in [3.63, 3.8) is 0 Å². The molecule has 0 atom stereocenters.